The van der Waals surface area contributed by atoms with Gasteiger partial charge in [-0.1, -0.05) is 24.6 Å². The lowest BCUT2D eigenvalue weighted by Gasteiger charge is -2.19. The number of nitrogens with one attached hydrogen (secondary N) is 1. The van der Waals surface area contributed by atoms with E-state index in [1.165, 1.54) is 4.90 Å². The molecule has 1 fully saturated rings. The summed E-state index contributed by atoms with van der Waals surface area (Å²) in [4.78, 5) is 39.0. The highest BCUT2D eigenvalue weighted by molar-refractivity contribution is 9.10. The molecular formula is C25H27BrN2O5S. The van der Waals surface area contributed by atoms with Gasteiger partial charge in [0, 0.05) is 11.7 Å². The Hall–Kier alpha value is -2.78. The molecule has 1 N–H and O–H groups in total. The molecule has 0 unspecified atom stereocenters. The number of ether oxygens (including phenoxy) is 2. The minimum Gasteiger partial charge on any atom is -0.490 e. The monoisotopic (exact) mass is 546 g/mol. The van der Waals surface area contributed by atoms with Gasteiger partial charge in [-0.05, 0) is 90.8 Å². The van der Waals surface area contributed by atoms with E-state index < -0.39 is 0 Å². The van der Waals surface area contributed by atoms with Gasteiger partial charge in [0.25, 0.3) is 17.1 Å². The van der Waals surface area contributed by atoms with E-state index in [0.29, 0.717) is 45.2 Å². The minimum atomic E-state index is -0.305. The molecule has 0 aromatic heterocycles. The first-order chi connectivity index (χ1) is 16.2. The molecule has 3 rings (SSSR count). The van der Waals surface area contributed by atoms with E-state index in [0.717, 1.165) is 17.3 Å². The molecular weight excluding hydrogens is 520 g/mol. The second-order valence-corrected chi connectivity index (χ2v) is 9.62. The highest BCUT2D eigenvalue weighted by Crippen LogP contribution is 2.39. The van der Waals surface area contributed by atoms with Gasteiger partial charge in [-0.3, -0.25) is 19.3 Å². The number of hydrogen-bond acceptors (Lipinski definition) is 6. The zero-order valence-electron chi connectivity index (χ0n) is 19.5. The van der Waals surface area contributed by atoms with E-state index in [-0.39, 0.29) is 29.7 Å². The number of carbonyl (C=O) groups excluding carboxylic acids is 3. The van der Waals surface area contributed by atoms with Crippen molar-refractivity contribution < 1.29 is 23.9 Å². The topological polar surface area (TPSA) is 84.9 Å². The van der Waals surface area contributed by atoms with Crippen LogP contribution in [0.15, 0.2) is 45.8 Å². The quantitative estimate of drug-likeness (QED) is 0.387. The van der Waals surface area contributed by atoms with Crippen molar-refractivity contribution in [2.24, 2.45) is 0 Å². The van der Waals surface area contributed by atoms with E-state index in [2.05, 4.69) is 21.2 Å². The first kappa shape index (κ1) is 25.8. The van der Waals surface area contributed by atoms with Crippen LogP contribution in [-0.4, -0.2) is 41.2 Å². The van der Waals surface area contributed by atoms with Crippen LogP contribution < -0.4 is 14.8 Å². The van der Waals surface area contributed by atoms with Crippen molar-refractivity contribution in [3.8, 4) is 11.5 Å². The number of halogens is 1. The van der Waals surface area contributed by atoms with Gasteiger partial charge in [-0.15, -0.1) is 0 Å². The Labute approximate surface area is 212 Å². The van der Waals surface area contributed by atoms with Crippen LogP contribution in [0.2, 0.25) is 0 Å². The van der Waals surface area contributed by atoms with E-state index in [9.17, 15) is 14.4 Å². The van der Waals surface area contributed by atoms with Crippen LogP contribution in [0.3, 0.4) is 0 Å². The van der Waals surface area contributed by atoms with Crippen molar-refractivity contribution in [1.29, 1.82) is 0 Å². The number of aryl methyl sites for hydroxylation is 1. The number of amides is 3. The first-order valence-electron chi connectivity index (χ1n) is 11.0. The molecule has 3 amide bonds. The molecule has 34 heavy (non-hydrogen) atoms. The molecule has 7 nitrogen and oxygen atoms in total. The fourth-order valence-corrected chi connectivity index (χ4v) is 4.74. The summed E-state index contributed by atoms with van der Waals surface area (Å²) >= 11 is 4.40. The lowest BCUT2D eigenvalue weighted by atomic mass is 10.1. The average molecular weight is 547 g/mol. The van der Waals surface area contributed by atoms with Gasteiger partial charge in [0.1, 0.15) is 0 Å². The molecule has 1 aliphatic rings. The Balaban J connectivity index is 1.77. The van der Waals surface area contributed by atoms with Gasteiger partial charge < -0.3 is 14.8 Å². The van der Waals surface area contributed by atoms with E-state index in [4.69, 9.17) is 9.47 Å². The third-order valence-corrected chi connectivity index (χ3v) is 6.64. The van der Waals surface area contributed by atoms with Crippen molar-refractivity contribution in [2.75, 3.05) is 18.5 Å². The van der Waals surface area contributed by atoms with Crippen LogP contribution in [0.5, 0.6) is 11.5 Å². The summed E-state index contributed by atoms with van der Waals surface area (Å²) in [5, 5.41) is 2.52. The number of imide groups is 1. The van der Waals surface area contributed by atoms with Crippen molar-refractivity contribution in [1.82, 2.24) is 4.90 Å². The summed E-state index contributed by atoms with van der Waals surface area (Å²) < 4.78 is 12.1. The Morgan fingerprint density at radius 3 is 2.53 bits per heavy atom. The Bertz CT molecular complexity index is 1120. The minimum absolute atomic E-state index is 0.161. The third-order valence-electron chi connectivity index (χ3n) is 5.17. The maximum absolute atomic E-state index is 12.7. The molecule has 1 heterocycles. The second-order valence-electron chi connectivity index (χ2n) is 7.77. The molecule has 0 radical (unpaired) electrons. The molecule has 1 saturated heterocycles. The molecule has 180 valence electrons. The predicted octanol–water partition coefficient (Wildman–Crippen LogP) is 6.01. The number of anilines is 1. The van der Waals surface area contributed by atoms with Crippen LogP contribution in [-0.2, 0) is 9.59 Å². The SMILES string of the molecule is CCOc1cc(/C=C2/SC(=O)N([C@@H](C)CC)C2=O)cc(Br)c1OCC(=O)Nc1ccc(C)cc1. The summed E-state index contributed by atoms with van der Waals surface area (Å²) in [7, 11) is 0. The van der Waals surface area contributed by atoms with Gasteiger partial charge in [0.05, 0.1) is 16.0 Å². The number of rotatable bonds is 9. The maximum Gasteiger partial charge on any atom is 0.293 e. The highest BCUT2D eigenvalue weighted by Gasteiger charge is 2.37. The second kappa shape index (κ2) is 11.6. The van der Waals surface area contributed by atoms with Crippen LogP contribution in [0, 0.1) is 6.92 Å². The van der Waals surface area contributed by atoms with Gasteiger partial charge >= 0.3 is 0 Å². The number of hydrogen-bond donors (Lipinski definition) is 1. The van der Waals surface area contributed by atoms with Crippen LogP contribution in [0.1, 0.15) is 38.3 Å². The smallest absolute Gasteiger partial charge is 0.293 e. The molecule has 2 aromatic rings. The Morgan fingerprint density at radius 2 is 1.88 bits per heavy atom. The fraction of sp³-hybridized carbons (Fsp3) is 0.320. The fourth-order valence-electron chi connectivity index (χ4n) is 3.24. The average Bonchev–Trinajstić information content (AvgIpc) is 3.07. The van der Waals surface area contributed by atoms with Crippen molar-refractivity contribution in [2.45, 2.75) is 40.2 Å². The van der Waals surface area contributed by atoms with Crippen LogP contribution >= 0.6 is 27.7 Å². The largest absolute Gasteiger partial charge is 0.490 e. The van der Waals surface area contributed by atoms with E-state index >= 15 is 0 Å². The van der Waals surface area contributed by atoms with Gasteiger partial charge in [0.2, 0.25) is 0 Å². The molecule has 0 spiro atoms. The molecule has 1 aliphatic heterocycles. The van der Waals surface area contributed by atoms with Gasteiger partial charge in [-0.2, -0.15) is 0 Å². The molecule has 2 aromatic carbocycles. The molecule has 0 aliphatic carbocycles. The summed E-state index contributed by atoms with van der Waals surface area (Å²) in [6.07, 6.45) is 2.35. The maximum atomic E-state index is 12.7. The lowest BCUT2D eigenvalue weighted by molar-refractivity contribution is -0.124. The third kappa shape index (κ3) is 6.21. The van der Waals surface area contributed by atoms with Gasteiger partial charge in [-0.25, -0.2) is 0 Å². The molecule has 1 atom stereocenters. The van der Waals surface area contributed by atoms with Crippen molar-refractivity contribution >= 4 is 56.5 Å². The lowest BCUT2D eigenvalue weighted by Crippen LogP contribution is -2.36. The number of benzene rings is 2. The summed E-state index contributed by atoms with van der Waals surface area (Å²) in [6.45, 7) is 7.77. The Morgan fingerprint density at radius 1 is 1.18 bits per heavy atom. The van der Waals surface area contributed by atoms with E-state index in [1.54, 1.807) is 18.2 Å². The normalized spacial score (nSPS) is 15.6. The molecule has 0 saturated carbocycles. The van der Waals surface area contributed by atoms with Crippen molar-refractivity contribution in [3.05, 3.63) is 56.9 Å². The van der Waals surface area contributed by atoms with Gasteiger partial charge in [0.15, 0.2) is 18.1 Å². The van der Waals surface area contributed by atoms with E-state index in [1.807, 2.05) is 52.0 Å². The summed E-state index contributed by atoms with van der Waals surface area (Å²) in [5.41, 5.74) is 2.45. The zero-order chi connectivity index (χ0) is 24.8. The zero-order valence-corrected chi connectivity index (χ0v) is 21.9. The Kier molecular flexibility index (Phi) is 8.79. The van der Waals surface area contributed by atoms with Crippen LogP contribution in [0.25, 0.3) is 6.08 Å². The first-order valence-corrected chi connectivity index (χ1v) is 12.6. The number of carbonyl (C=O) groups is 3. The summed E-state index contributed by atoms with van der Waals surface area (Å²) in [5.74, 6) is 0.200. The molecule has 0 bridgehead atoms. The highest BCUT2D eigenvalue weighted by atomic mass is 79.9. The molecule has 9 heteroatoms. The standard InChI is InChI=1S/C25H27BrN2O5S/c1-5-16(4)28-24(30)21(34-25(28)31)13-17-11-19(26)23(20(12-17)32-6-2)33-14-22(29)27-18-9-7-15(3)8-10-18/h7-13,16H,5-6,14H2,1-4H3,(H,27,29)/b21-13+/t16-/m0/s1. The van der Waals surface area contributed by atoms with Crippen molar-refractivity contribution in [3.63, 3.8) is 0 Å². The predicted molar refractivity (Wildman–Crippen MR) is 138 cm³/mol. The summed E-state index contributed by atoms with van der Waals surface area (Å²) in [6, 6.07) is 10.8. The van der Waals surface area contributed by atoms with Crippen LogP contribution in [0.4, 0.5) is 10.5 Å². The number of thioether (sulfide) groups is 1. The number of nitrogens with zero attached hydrogens (tertiary/aromatic N) is 1.